The van der Waals surface area contributed by atoms with E-state index in [1.807, 2.05) is 0 Å². The molecule has 2 unspecified atom stereocenters. The fraction of sp³-hybridized carbons (Fsp3) is 0.831. The number of nitrogens with two attached hydrogens (primary N) is 1. The highest BCUT2D eigenvalue weighted by molar-refractivity contribution is 7.47. The molecule has 2 atom stereocenters. The Morgan fingerprint density at radius 3 is 1.19 bits per heavy atom. The molecule has 3 N–H and O–H groups in total. The molecule has 0 aromatic rings. The van der Waals surface area contributed by atoms with Crippen molar-refractivity contribution >= 4 is 19.8 Å². The van der Waals surface area contributed by atoms with Crippen molar-refractivity contribution in [3.8, 4) is 0 Å². The van der Waals surface area contributed by atoms with Crippen LogP contribution in [0, 0.1) is 0 Å². The summed E-state index contributed by atoms with van der Waals surface area (Å²) in [6.45, 7) is 3.66. The molecule has 0 heterocycles. The lowest BCUT2D eigenvalue weighted by Gasteiger charge is -2.19. The van der Waals surface area contributed by atoms with Crippen molar-refractivity contribution in [1.29, 1.82) is 0 Å². The molecule has 404 valence electrons. The lowest BCUT2D eigenvalue weighted by atomic mass is 10.0. The van der Waals surface area contributed by atoms with Crippen molar-refractivity contribution in [2.24, 2.45) is 5.73 Å². The molecule has 0 aromatic heterocycles. The van der Waals surface area contributed by atoms with E-state index in [0.29, 0.717) is 6.42 Å². The summed E-state index contributed by atoms with van der Waals surface area (Å²) < 4.78 is 33.0. The summed E-state index contributed by atoms with van der Waals surface area (Å²) in [6.07, 6.45) is 67.4. The fourth-order valence-electron chi connectivity index (χ4n) is 8.45. The van der Waals surface area contributed by atoms with E-state index in [1.54, 1.807) is 0 Å². The Hall–Kier alpha value is -2.03. The largest absolute Gasteiger partial charge is 0.472 e. The average molecular weight is 993 g/mol. The van der Waals surface area contributed by atoms with E-state index in [9.17, 15) is 19.0 Å². The molecule has 0 spiro atoms. The lowest BCUT2D eigenvalue weighted by molar-refractivity contribution is -0.161. The van der Waals surface area contributed by atoms with E-state index < -0.39 is 26.5 Å². The lowest BCUT2D eigenvalue weighted by Crippen LogP contribution is -2.29. The topological polar surface area (TPSA) is 134 Å². The van der Waals surface area contributed by atoms with Gasteiger partial charge in [-0.2, -0.15) is 0 Å². The molecule has 69 heavy (non-hydrogen) atoms. The second-order valence-electron chi connectivity index (χ2n) is 19.5. The van der Waals surface area contributed by atoms with Crippen molar-refractivity contribution < 1.29 is 37.6 Å². The molecule has 0 aromatic carbocycles. The van der Waals surface area contributed by atoms with E-state index in [0.717, 1.165) is 70.6 Å². The second-order valence-corrected chi connectivity index (χ2v) is 20.9. The Labute approximate surface area is 426 Å². The second kappa shape index (κ2) is 55.3. The van der Waals surface area contributed by atoms with Crippen molar-refractivity contribution in [2.45, 2.75) is 290 Å². The Balaban J connectivity index is 3.93. The zero-order chi connectivity index (χ0) is 50.2. The summed E-state index contributed by atoms with van der Waals surface area (Å²) in [5, 5.41) is 0. The van der Waals surface area contributed by atoms with Gasteiger partial charge >= 0.3 is 19.8 Å². The van der Waals surface area contributed by atoms with E-state index >= 15 is 0 Å². The number of hydrogen-bond acceptors (Lipinski definition) is 8. The number of carbonyl (C=O) groups is 2. The van der Waals surface area contributed by atoms with Gasteiger partial charge in [-0.15, -0.1) is 0 Å². The summed E-state index contributed by atoms with van der Waals surface area (Å²) in [4.78, 5) is 35.2. The molecule has 0 aliphatic carbocycles. The van der Waals surface area contributed by atoms with Crippen LogP contribution in [0.4, 0.5) is 0 Å². The van der Waals surface area contributed by atoms with Gasteiger partial charge in [0.2, 0.25) is 0 Å². The highest BCUT2D eigenvalue weighted by Gasteiger charge is 2.26. The van der Waals surface area contributed by atoms with Gasteiger partial charge in [0, 0.05) is 19.4 Å². The molecular formula is C59H110NO8P. The van der Waals surface area contributed by atoms with Gasteiger partial charge in [-0.25, -0.2) is 4.57 Å². The first-order valence-corrected chi connectivity index (χ1v) is 30.6. The summed E-state index contributed by atoms with van der Waals surface area (Å²) >= 11 is 0. The maximum Gasteiger partial charge on any atom is 0.472 e. The predicted octanol–water partition coefficient (Wildman–Crippen LogP) is 18.2. The summed E-state index contributed by atoms with van der Waals surface area (Å²) in [5.74, 6) is -0.825. The van der Waals surface area contributed by atoms with Crippen LogP contribution in [-0.4, -0.2) is 49.3 Å². The van der Waals surface area contributed by atoms with Crippen LogP contribution in [0.3, 0.4) is 0 Å². The third-order valence-electron chi connectivity index (χ3n) is 12.7. The van der Waals surface area contributed by atoms with E-state index in [1.165, 1.54) is 180 Å². The van der Waals surface area contributed by atoms with Crippen LogP contribution in [-0.2, 0) is 32.7 Å². The van der Waals surface area contributed by atoms with Gasteiger partial charge in [-0.1, -0.05) is 268 Å². The molecule has 0 saturated heterocycles. The number of phosphoric ester groups is 1. The normalized spacial score (nSPS) is 13.4. The Morgan fingerprint density at radius 1 is 0.449 bits per heavy atom. The molecule has 0 aliphatic heterocycles. The highest BCUT2D eigenvalue weighted by atomic mass is 31.2. The van der Waals surface area contributed by atoms with Crippen LogP contribution in [0.2, 0.25) is 0 Å². The minimum atomic E-state index is -4.39. The van der Waals surface area contributed by atoms with Crippen molar-refractivity contribution in [3.63, 3.8) is 0 Å². The van der Waals surface area contributed by atoms with E-state index in [2.05, 4.69) is 62.5 Å². The van der Waals surface area contributed by atoms with Crippen molar-refractivity contribution in [2.75, 3.05) is 26.4 Å². The minimum absolute atomic E-state index is 0.0519. The average Bonchev–Trinajstić information content (AvgIpc) is 3.34. The first kappa shape index (κ1) is 67.0. The van der Waals surface area contributed by atoms with Crippen molar-refractivity contribution in [1.82, 2.24) is 0 Å². The molecular weight excluding hydrogens is 882 g/mol. The van der Waals surface area contributed by atoms with Crippen LogP contribution < -0.4 is 5.73 Å². The van der Waals surface area contributed by atoms with E-state index in [4.69, 9.17) is 24.3 Å². The Bertz CT molecular complexity index is 1270. The third-order valence-corrected chi connectivity index (χ3v) is 13.7. The molecule has 0 fully saturated rings. The van der Waals surface area contributed by atoms with Crippen LogP contribution in [0.15, 0.2) is 48.6 Å². The minimum Gasteiger partial charge on any atom is -0.462 e. The summed E-state index contributed by atoms with van der Waals surface area (Å²) in [7, 11) is -4.39. The zero-order valence-electron chi connectivity index (χ0n) is 45.1. The fourth-order valence-corrected chi connectivity index (χ4v) is 9.22. The first-order chi connectivity index (χ1) is 33.8. The number of esters is 2. The van der Waals surface area contributed by atoms with Gasteiger partial charge in [-0.3, -0.25) is 18.6 Å². The predicted molar refractivity (Wildman–Crippen MR) is 293 cm³/mol. The van der Waals surface area contributed by atoms with Gasteiger partial charge in [0.1, 0.15) is 6.61 Å². The Kier molecular flexibility index (Phi) is 53.7. The number of allylic oxidation sites excluding steroid dienone is 8. The maximum absolute atomic E-state index is 12.7. The monoisotopic (exact) mass is 992 g/mol. The third kappa shape index (κ3) is 55.1. The molecule has 0 radical (unpaired) electrons. The number of hydrogen-bond donors (Lipinski definition) is 2. The number of ether oxygens (including phenoxy) is 2. The number of carbonyl (C=O) groups excluding carboxylic acids is 2. The van der Waals surface area contributed by atoms with Crippen LogP contribution in [0.25, 0.3) is 0 Å². The smallest absolute Gasteiger partial charge is 0.462 e. The summed E-state index contributed by atoms with van der Waals surface area (Å²) in [5.41, 5.74) is 5.38. The molecule has 0 aliphatic rings. The van der Waals surface area contributed by atoms with Gasteiger partial charge in [0.25, 0.3) is 0 Å². The van der Waals surface area contributed by atoms with Crippen LogP contribution in [0.1, 0.15) is 284 Å². The quantitative estimate of drug-likeness (QED) is 0.0264. The number of unbranched alkanes of at least 4 members (excludes halogenated alkanes) is 34. The van der Waals surface area contributed by atoms with Gasteiger partial charge in [-0.05, 0) is 51.4 Å². The van der Waals surface area contributed by atoms with Gasteiger partial charge in [0.05, 0.1) is 13.2 Å². The number of phosphoric acid groups is 1. The van der Waals surface area contributed by atoms with Gasteiger partial charge in [0.15, 0.2) is 6.10 Å². The van der Waals surface area contributed by atoms with Crippen LogP contribution >= 0.6 is 7.82 Å². The first-order valence-electron chi connectivity index (χ1n) is 29.1. The number of rotatable bonds is 55. The molecule has 10 heteroatoms. The molecule has 9 nitrogen and oxygen atoms in total. The molecule has 0 bridgehead atoms. The molecule has 0 rings (SSSR count). The maximum atomic E-state index is 12.7. The van der Waals surface area contributed by atoms with Crippen LogP contribution in [0.5, 0.6) is 0 Å². The highest BCUT2D eigenvalue weighted by Crippen LogP contribution is 2.43. The molecule has 0 saturated carbocycles. The van der Waals surface area contributed by atoms with E-state index in [-0.39, 0.29) is 38.6 Å². The summed E-state index contributed by atoms with van der Waals surface area (Å²) in [6, 6.07) is 0. The zero-order valence-corrected chi connectivity index (χ0v) is 45.9. The SMILES string of the molecule is CC/C=C\C/C=C\C/C=C\C/C=C\CCCCCCCCCCC(=O)OC(COC(=O)CCCCCCCCCCCCCCCCCCCCCCCCCCCCC)COP(=O)(O)OCCN. The Morgan fingerprint density at radius 2 is 0.797 bits per heavy atom. The molecule has 0 amide bonds. The van der Waals surface area contributed by atoms with Gasteiger partial charge < -0.3 is 20.1 Å². The van der Waals surface area contributed by atoms with Crippen molar-refractivity contribution in [3.05, 3.63) is 48.6 Å². The standard InChI is InChI=1S/C59H110NO8P/c1-3-5-7-9-11-13-15-17-19-21-23-25-26-27-28-29-30-32-33-35-37-39-41-43-45-47-49-51-58(61)65-55-57(56-67-69(63,64)66-54-53-60)68-59(62)52-50-48-46-44-42-40-38-36-34-31-24-22-20-18-16-14-12-10-8-6-4-2/h6,8,12,14,18,20,24,31,57H,3-5,7,9-11,13,15-17,19,21-23,25-30,32-56,60H2,1-2H3,(H,63,64)/b8-6-,14-12-,20-18-,31-24-.